The largest absolute Gasteiger partial charge is 0.494 e. The summed E-state index contributed by atoms with van der Waals surface area (Å²) in [6, 6.07) is 8.72. The van der Waals surface area contributed by atoms with E-state index in [2.05, 4.69) is 50.3 Å². The molecule has 0 aromatic heterocycles. The third-order valence-electron chi connectivity index (χ3n) is 2.71. The summed E-state index contributed by atoms with van der Waals surface area (Å²) in [5.41, 5.74) is 1.24. The van der Waals surface area contributed by atoms with Gasteiger partial charge in [-0.3, -0.25) is 0 Å². The molecule has 3 heteroatoms. The van der Waals surface area contributed by atoms with Gasteiger partial charge in [-0.1, -0.05) is 12.1 Å². The molecule has 1 unspecified atom stereocenters. The van der Waals surface area contributed by atoms with Crippen LogP contribution in [0.5, 0.6) is 5.75 Å². The molecule has 0 fully saturated rings. The number of ether oxygens (including phenoxy) is 1. The molecule has 18 heavy (non-hydrogen) atoms. The average Bonchev–Trinajstić information content (AvgIpc) is 2.27. The first-order valence-electron chi connectivity index (χ1n) is 6.65. The highest BCUT2D eigenvalue weighted by Crippen LogP contribution is 2.12. The summed E-state index contributed by atoms with van der Waals surface area (Å²) < 4.78 is 5.70. The van der Waals surface area contributed by atoms with Crippen molar-refractivity contribution in [3.05, 3.63) is 29.8 Å². The molecule has 1 atom stereocenters. The highest BCUT2D eigenvalue weighted by atomic mass is 16.5. The topological polar surface area (TPSA) is 24.5 Å². The monoisotopic (exact) mass is 250 g/mol. The van der Waals surface area contributed by atoms with Crippen LogP contribution in [0.25, 0.3) is 0 Å². The first-order chi connectivity index (χ1) is 8.58. The van der Waals surface area contributed by atoms with Gasteiger partial charge in [-0.15, -0.1) is 0 Å². The van der Waals surface area contributed by atoms with E-state index in [1.165, 1.54) is 5.56 Å². The van der Waals surface area contributed by atoms with Crippen molar-refractivity contribution in [2.45, 2.75) is 26.3 Å². The molecule has 1 N–H and O–H groups in total. The van der Waals surface area contributed by atoms with Gasteiger partial charge < -0.3 is 15.0 Å². The number of hydrogen-bond donors (Lipinski definition) is 1. The summed E-state index contributed by atoms with van der Waals surface area (Å²) in [5.74, 6) is 0.969. The second-order valence-corrected chi connectivity index (χ2v) is 5.14. The molecule has 0 saturated heterocycles. The van der Waals surface area contributed by atoms with Gasteiger partial charge in [0.05, 0.1) is 6.61 Å². The maximum atomic E-state index is 5.70. The van der Waals surface area contributed by atoms with Crippen molar-refractivity contribution < 1.29 is 4.74 Å². The average molecular weight is 250 g/mol. The number of rotatable bonds is 8. The fourth-order valence-electron chi connectivity index (χ4n) is 1.93. The Morgan fingerprint density at radius 2 is 2.11 bits per heavy atom. The molecule has 0 saturated carbocycles. The molecule has 0 amide bonds. The van der Waals surface area contributed by atoms with Crippen molar-refractivity contribution in [3.8, 4) is 5.75 Å². The zero-order chi connectivity index (χ0) is 13.4. The van der Waals surface area contributed by atoms with Gasteiger partial charge >= 0.3 is 0 Å². The van der Waals surface area contributed by atoms with Crippen molar-refractivity contribution >= 4 is 0 Å². The number of nitrogens with zero attached hydrogens (tertiary/aromatic N) is 1. The summed E-state index contributed by atoms with van der Waals surface area (Å²) in [7, 11) is 4.19. The quantitative estimate of drug-likeness (QED) is 0.717. The maximum absolute atomic E-state index is 5.70. The molecule has 0 heterocycles. The molecule has 1 rings (SSSR count). The van der Waals surface area contributed by atoms with E-state index < -0.39 is 0 Å². The van der Waals surface area contributed by atoms with Crippen LogP contribution >= 0.6 is 0 Å². The number of likely N-dealkylation sites (N-methyl/N-ethyl adjacent to an activating group) is 1. The molecule has 102 valence electrons. The fraction of sp³-hybridized carbons (Fsp3) is 0.600. The SMILES string of the molecule is Cc1cccc(OCCCNC(C)CN(C)C)c1. The third kappa shape index (κ3) is 6.62. The van der Waals surface area contributed by atoms with Gasteiger partial charge in [0.1, 0.15) is 5.75 Å². The van der Waals surface area contributed by atoms with Gasteiger partial charge in [-0.25, -0.2) is 0 Å². The molecule has 0 radical (unpaired) electrons. The van der Waals surface area contributed by atoms with Crippen molar-refractivity contribution in [1.82, 2.24) is 10.2 Å². The lowest BCUT2D eigenvalue weighted by molar-refractivity contribution is 0.297. The van der Waals surface area contributed by atoms with E-state index in [1.54, 1.807) is 0 Å². The summed E-state index contributed by atoms with van der Waals surface area (Å²) in [6.07, 6.45) is 1.03. The molecule has 0 aliphatic carbocycles. The molecular formula is C15H26N2O. The highest BCUT2D eigenvalue weighted by molar-refractivity contribution is 5.27. The zero-order valence-electron chi connectivity index (χ0n) is 12.1. The second kappa shape index (κ2) is 8.11. The smallest absolute Gasteiger partial charge is 0.119 e. The Kier molecular flexibility index (Phi) is 6.76. The van der Waals surface area contributed by atoms with Crippen LogP contribution in [0.4, 0.5) is 0 Å². The first kappa shape index (κ1) is 15.0. The summed E-state index contributed by atoms with van der Waals surface area (Å²) in [4.78, 5) is 2.20. The van der Waals surface area contributed by atoms with Gasteiger partial charge in [-0.05, 0) is 58.6 Å². The summed E-state index contributed by atoms with van der Waals surface area (Å²) >= 11 is 0. The van der Waals surface area contributed by atoms with E-state index in [1.807, 2.05) is 12.1 Å². The zero-order valence-corrected chi connectivity index (χ0v) is 12.1. The Labute approximate surface area is 111 Å². The lowest BCUT2D eigenvalue weighted by Gasteiger charge is -2.18. The highest BCUT2D eigenvalue weighted by Gasteiger charge is 2.01. The normalized spacial score (nSPS) is 12.7. The molecule has 0 spiro atoms. The van der Waals surface area contributed by atoms with Crippen LogP contribution in [0.3, 0.4) is 0 Å². The van der Waals surface area contributed by atoms with E-state index in [0.717, 1.165) is 31.9 Å². The van der Waals surface area contributed by atoms with E-state index in [0.29, 0.717) is 6.04 Å². The van der Waals surface area contributed by atoms with E-state index >= 15 is 0 Å². The second-order valence-electron chi connectivity index (χ2n) is 5.14. The Morgan fingerprint density at radius 3 is 2.78 bits per heavy atom. The Morgan fingerprint density at radius 1 is 1.33 bits per heavy atom. The molecule has 1 aromatic carbocycles. The predicted molar refractivity (Wildman–Crippen MR) is 77.3 cm³/mol. The van der Waals surface area contributed by atoms with Crippen molar-refractivity contribution in [2.75, 3.05) is 33.8 Å². The standard InChI is InChI=1S/C15H26N2O/c1-13-7-5-8-15(11-13)18-10-6-9-16-14(2)12-17(3)4/h5,7-8,11,14,16H,6,9-10,12H2,1-4H3. The Hall–Kier alpha value is -1.06. The number of benzene rings is 1. The maximum Gasteiger partial charge on any atom is 0.119 e. The molecular weight excluding hydrogens is 224 g/mol. The molecule has 0 aliphatic heterocycles. The van der Waals surface area contributed by atoms with Crippen molar-refractivity contribution in [2.24, 2.45) is 0 Å². The van der Waals surface area contributed by atoms with Gasteiger partial charge in [0.2, 0.25) is 0 Å². The van der Waals surface area contributed by atoms with Gasteiger partial charge in [0.25, 0.3) is 0 Å². The van der Waals surface area contributed by atoms with Crippen molar-refractivity contribution in [1.29, 1.82) is 0 Å². The van der Waals surface area contributed by atoms with Crippen LogP contribution in [0, 0.1) is 6.92 Å². The van der Waals surface area contributed by atoms with Gasteiger partial charge in [-0.2, -0.15) is 0 Å². The molecule has 0 aliphatic rings. The van der Waals surface area contributed by atoms with E-state index in [-0.39, 0.29) is 0 Å². The first-order valence-corrected chi connectivity index (χ1v) is 6.65. The van der Waals surface area contributed by atoms with Crippen LogP contribution in [0.15, 0.2) is 24.3 Å². The third-order valence-corrected chi connectivity index (χ3v) is 2.71. The lowest BCUT2D eigenvalue weighted by atomic mass is 10.2. The molecule has 3 nitrogen and oxygen atoms in total. The lowest BCUT2D eigenvalue weighted by Crippen LogP contribution is -2.36. The number of hydrogen-bond acceptors (Lipinski definition) is 3. The minimum atomic E-state index is 0.527. The fourth-order valence-corrected chi connectivity index (χ4v) is 1.93. The van der Waals surface area contributed by atoms with Crippen LogP contribution in [-0.4, -0.2) is 44.7 Å². The molecule has 1 aromatic rings. The van der Waals surface area contributed by atoms with Crippen LogP contribution in [-0.2, 0) is 0 Å². The minimum absolute atomic E-state index is 0.527. The predicted octanol–water partition coefficient (Wildman–Crippen LogP) is 2.30. The summed E-state index contributed by atoms with van der Waals surface area (Å²) in [6.45, 7) is 7.13. The number of aryl methyl sites for hydroxylation is 1. The molecule has 0 bridgehead atoms. The van der Waals surface area contributed by atoms with Crippen molar-refractivity contribution in [3.63, 3.8) is 0 Å². The summed E-state index contributed by atoms with van der Waals surface area (Å²) in [5, 5.41) is 3.49. The van der Waals surface area contributed by atoms with Crippen LogP contribution in [0.2, 0.25) is 0 Å². The Balaban J connectivity index is 2.08. The number of nitrogens with one attached hydrogen (secondary N) is 1. The van der Waals surface area contributed by atoms with E-state index in [9.17, 15) is 0 Å². The minimum Gasteiger partial charge on any atom is -0.494 e. The Bertz CT molecular complexity index is 339. The van der Waals surface area contributed by atoms with Gasteiger partial charge in [0.15, 0.2) is 0 Å². The van der Waals surface area contributed by atoms with E-state index in [4.69, 9.17) is 4.74 Å². The van der Waals surface area contributed by atoms with Crippen LogP contribution in [0.1, 0.15) is 18.9 Å². The van der Waals surface area contributed by atoms with Crippen LogP contribution < -0.4 is 10.1 Å². The van der Waals surface area contributed by atoms with Gasteiger partial charge in [0, 0.05) is 12.6 Å².